The fraction of sp³-hybridized carbons (Fsp3) is 0.175. The zero-order chi connectivity index (χ0) is 32.4. The quantitative estimate of drug-likeness (QED) is 0.137. The SMILES string of the molecule is COc1ccc(CN2Cc3cnc4c(Cl)c(Cl)c(OC)cc4c3C2COC(c2ccccc2)(c2ccccc2)c2ccccc2)cc1. The number of rotatable bonds is 10. The van der Waals surface area contributed by atoms with Crippen LogP contribution < -0.4 is 9.47 Å². The van der Waals surface area contributed by atoms with E-state index in [0.717, 1.165) is 39.0 Å². The number of benzene rings is 5. The predicted molar refractivity (Wildman–Crippen MR) is 188 cm³/mol. The molecule has 0 fully saturated rings. The van der Waals surface area contributed by atoms with Gasteiger partial charge in [-0.1, -0.05) is 126 Å². The molecule has 0 aliphatic carbocycles. The second-order valence-electron chi connectivity index (χ2n) is 11.7. The van der Waals surface area contributed by atoms with E-state index in [1.165, 1.54) is 5.56 Å². The van der Waals surface area contributed by atoms with E-state index in [0.29, 0.717) is 41.0 Å². The fourth-order valence-electron chi connectivity index (χ4n) is 6.78. The first-order valence-corrected chi connectivity index (χ1v) is 16.3. The van der Waals surface area contributed by atoms with E-state index in [-0.39, 0.29) is 6.04 Å². The summed E-state index contributed by atoms with van der Waals surface area (Å²) in [4.78, 5) is 7.22. The fourth-order valence-corrected chi connectivity index (χ4v) is 7.25. The van der Waals surface area contributed by atoms with Crippen molar-refractivity contribution in [2.24, 2.45) is 0 Å². The Morgan fingerprint density at radius 3 is 1.85 bits per heavy atom. The number of fused-ring (bicyclic) bond motifs is 3. The largest absolute Gasteiger partial charge is 0.497 e. The minimum Gasteiger partial charge on any atom is -0.497 e. The lowest BCUT2D eigenvalue weighted by Gasteiger charge is -2.38. The van der Waals surface area contributed by atoms with Crippen molar-refractivity contribution in [2.75, 3.05) is 20.8 Å². The highest BCUT2D eigenvalue weighted by Gasteiger charge is 2.41. The van der Waals surface area contributed by atoms with Crippen LogP contribution in [0.3, 0.4) is 0 Å². The van der Waals surface area contributed by atoms with Crippen LogP contribution in [-0.2, 0) is 23.4 Å². The number of nitrogens with zero attached hydrogens (tertiary/aromatic N) is 2. The summed E-state index contributed by atoms with van der Waals surface area (Å²) in [7, 11) is 3.28. The zero-order valence-corrected chi connectivity index (χ0v) is 27.7. The van der Waals surface area contributed by atoms with Crippen molar-refractivity contribution >= 4 is 34.1 Å². The molecule has 1 unspecified atom stereocenters. The molecule has 0 amide bonds. The Labute approximate surface area is 285 Å². The summed E-state index contributed by atoms with van der Waals surface area (Å²) in [6.45, 7) is 1.76. The van der Waals surface area contributed by atoms with Gasteiger partial charge in [-0.3, -0.25) is 9.88 Å². The Kier molecular flexibility index (Phi) is 8.89. The second kappa shape index (κ2) is 13.4. The smallest absolute Gasteiger partial charge is 0.143 e. The Balaban J connectivity index is 1.39. The number of ether oxygens (including phenoxy) is 3. The van der Waals surface area contributed by atoms with Crippen LogP contribution in [0.2, 0.25) is 10.0 Å². The van der Waals surface area contributed by atoms with Gasteiger partial charge in [0.05, 0.1) is 37.4 Å². The van der Waals surface area contributed by atoms with E-state index in [2.05, 4.69) is 89.8 Å². The molecule has 1 atom stereocenters. The molecule has 1 aromatic heterocycles. The van der Waals surface area contributed by atoms with Crippen molar-refractivity contribution in [1.29, 1.82) is 0 Å². The standard InChI is InChI=1S/C40H34Cl2N2O3/c1-45-32-20-18-27(19-21-32)24-44-25-28-23-43-39-33(22-35(46-2)37(41)38(39)42)36(28)34(44)26-47-40(29-12-6-3-7-13-29,30-14-8-4-9-15-30)31-16-10-5-11-17-31/h3-23,34H,24-26H2,1-2H3. The normalized spacial score (nSPS) is 14.7. The Hall–Kier alpha value is -4.39. The number of aromatic nitrogens is 1. The van der Waals surface area contributed by atoms with Crippen LogP contribution in [0, 0.1) is 0 Å². The van der Waals surface area contributed by atoms with Gasteiger partial charge in [0.1, 0.15) is 22.1 Å². The van der Waals surface area contributed by atoms with E-state index < -0.39 is 5.60 Å². The van der Waals surface area contributed by atoms with Crippen LogP contribution in [0.15, 0.2) is 128 Å². The van der Waals surface area contributed by atoms with Crippen molar-refractivity contribution < 1.29 is 14.2 Å². The molecule has 5 nitrogen and oxygen atoms in total. The second-order valence-corrected chi connectivity index (χ2v) is 12.4. The summed E-state index contributed by atoms with van der Waals surface area (Å²) in [6, 6.07) is 41.4. The highest BCUT2D eigenvalue weighted by molar-refractivity contribution is 6.46. The van der Waals surface area contributed by atoms with E-state index in [1.54, 1.807) is 14.2 Å². The van der Waals surface area contributed by atoms with E-state index in [4.69, 9.17) is 42.4 Å². The van der Waals surface area contributed by atoms with Crippen LogP contribution in [0.5, 0.6) is 11.5 Å². The lowest BCUT2D eigenvalue weighted by Crippen LogP contribution is -2.36. The van der Waals surface area contributed by atoms with Gasteiger partial charge in [0.25, 0.3) is 0 Å². The molecule has 0 bridgehead atoms. The number of hydrogen-bond donors (Lipinski definition) is 0. The lowest BCUT2D eigenvalue weighted by molar-refractivity contribution is -0.0227. The molecule has 5 aromatic carbocycles. The maximum Gasteiger partial charge on any atom is 0.143 e. The topological polar surface area (TPSA) is 43.8 Å². The van der Waals surface area contributed by atoms with Crippen molar-refractivity contribution in [3.8, 4) is 11.5 Å². The highest BCUT2D eigenvalue weighted by atomic mass is 35.5. The van der Waals surface area contributed by atoms with Crippen LogP contribution in [0.25, 0.3) is 10.9 Å². The molecule has 47 heavy (non-hydrogen) atoms. The summed E-state index contributed by atoms with van der Waals surface area (Å²) >= 11 is 13.4. The summed E-state index contributed by atoms with van der Waals surface area (Å²) < 4.78 is 18.5. The number of hydrogen-bond acceptors (Lipinski definition) is 5. The Bertz CT molecular complexity index is 1890. The third-order valence-corrected chi connectivity index (χ3v) is 9.88. The van der Waals surface area contributed by atoms with Crippen molar-refractivity contribution in [2.45, 2.75) is 24.7 Å². The first-order valence-electron chi connectivity index (χ1n) is 15.5. The molecule has 2 heterocycles. The molecule has 236 valence electrons. The molecule has 1 aliphatic heterocycles. The van der Waals surface area contributed by atoms with Gasteiger partial charge in [-0.2, -0.15) is 0 Å². The zero-order valence-electron chi connectivity index (χ0n) is 26.2. The van der Waals surface area contributed by atoms with E-state index in [9.17, 15) is 0 Å². The number of methoxy groups -OCH3 is 2. The van der Waals surface area contributed by atoms with Crippen LogP contribution in [0.4, 0.5) is 0 Å². The molecule has 0 spiro atoms. The van der Waals surface area contributed by atoms with Gasteiger partial charge < -0.3 is 14.2 Å². The maximum absolute atomic E-state index is 7.42. The minimum absolute atomic E-state index is 0.143. The molecule has 0 radical (unpaired) electrons. The van der Waals surface area contributed by atoms with Gasteiger partial charge in [-0.25, -0.2) is 0 Å². The van der Waals surface area contributed by atoms with Gasteiger partial charge in [0, 0.05) is 24.7 Å². The molecule has 6 aromatic rings. The molecule has 1 aliphatic rings. The molecular formula is C40H34Cl2N2O3. The lowest BCUT2D eigenvalue weighted by atomic mass is 9.80. The first kappa shape index (κ1) is 31.2. The summed E-state index contributed by atoms with van der Waals surface area (Å²) in [5.41, 5.74) is 6.32. The van der Waals surface area contributed by atoms with Gasteiger partial charge in [0.2, 0.25) is 0 Å². The number of pyridine rings is 1. The maximum atomic E-state index is 7.42. The van der Waals surface area contributed by atoms with Gasteiger partial charge in [-0.15, -0.1) is 0 Å². The van der Waals surface area contributed by atoms with Crippen molar-refractivity contribution in [3.63, 3.8) is 0 Å². The van der Waals surface area contributed by atoms with Gasteiger partial charge in [-0.05, 0) is 51.6 Å². The molecular weight excluding hydrogens is 627 g/mol. The Morgan fingerprint density at radius 2 is 1.32 bits per heavy atom. The molecule has 0 saturated carbocycles. The Morgan fingerprint density at radius 1 is 0.745 bits per heavy atom. The molecule has 7 heteroatoms. The van der Waals surface area contributed by atoms with Gasteiger partial charge in [0.15, 0.2) is 0 Å². The summed E-state index contributed by atoms with van der Waals surface area (Å²) in [5, 5.41) is 1.64. The third-order valence-electron chi connectivity index (χ3n) is 9.04. The number of halogens is 2. The van der Waals surface area contributed by atoms with E-state index in [1.807, 2.05) is 42.6 Å². The third kappa shape index (κ3) is 5.74. The van der Waals surface area contributed by atoms with Crippen molar-refractivity contribution in [1.82, 2.24) is 9.88 Å². The monoisotopic (exact) mass is 660 g/mol. The first-order chi connectivity index (χ1) is 23.0. The van der Waals surface area contributed by atoms with Crippen molar-refractivity contribution in [3.05, 3.63) is 171 Å². The average Bonchev–Trinajstić information content (AvgIpc) is 3.48. The molecule has 0 saturated heterocycles. The van der Waals surface area contributed by atoms with E-state index >= 15 is 0 Å². The predicted octanol–water partition coefficient (Wildman–Crippen LogP) is 9.62. The molecule has 7 rings (SSSR count). The summed E-state index contributed by atoms with van der Waals surface area (Å²) in [6.07, 6.45) is 1.92. The minimum atomic E-state index is -0.875. The van der Waals surface area contributed by atoms with Gasteiger partial charge >= 0.3 is 0 Å². The summed E-state index contributed by atoms with van der Waals surface area (Å²) in [5.74, 6) is 1.34. The average molecular weight is 662 g/mol. The highest BCUT2D eigenvalue weighted by Crippen LogP contribution is 2.47. The van der Waals surface area contributed by atoms with Crippen LogP contribution >= 0.6 is 23.2 Å². The van der Waals surface area contributed by atoms with Crippen LogP contribution in [0.1, 0.15) is 39.4 Å². The molecule has 0 N–H and O–H groups in total. The van der Waals surface area contributed by atoms with Crippen LogP contribution in [-0.4, -0.2) is 30.7 Å².